The van der Waals surface area contributed by atoms with Crippen molar-refractivity contribution in [2.24, 2.45) is 0 Å². The monoisotopic (exact) mass is 331 g/mol. The highest BCUT2D eigenvalue weighted by Crippen LogP contribution is 2.33. The third-order valence-electron chi connectivity index (χ3n) is 3.70. The molecule has 0 atom stereocenters. The van der Waals surface area contributed by atoms with Gasteiger partial charge in [-0.05, 0) is 38.3 Å². The van der Waals surface area contributed by atoms with Crippen LogP contribution in [0.4, 0.5) is 0 Å². The molecule has 1 aliphatic carbocycles. The average Bonchev–Trinajstić information content (AvgIpc) is 3.07. The molecule has 0 radical (unpaired) electrons. The van der Waals surface area contributed by atoms with Gasteiger partial charge in [-0.2, -0.15) is 4.72 Å². The van der Waals surface area contributed by atoms with Crippen molar-refractivity contribution in [3.05, 3.63) is 17.0 Å². The highest BCUT2D eigenvalue weighted by Gasteiger charge is 2.46. The molecule has 5 nitrogen and oxygen atoms in total. The summed E-state index contributed by atoms with van der Waals surface area (Å²) < 4.78 is 33.0. The summed E-state index contributed by atoms with van der Waals surface area (Å²) in [5.74, 6) is -0.460. The number of ether oxygens (including phenoxy) is 1. The minimum atomic E-state index is -3.69. The molecule has 0 unspecified atom stereocenters. The Hall–Kier alpha value is -0.920. The molecule has 118 valence electrons. The number of sulfonamides is 1. The zero-order valence-electron chi connectivity index (χ0n) is 12.3. The van der Waals surface area contributed by atoms with Gasteiger partial charge >= 0.3 is 5.97 Å². The molecule has 0 aromatic carbocycles. The summed E-state index contributed by atoms with van der Waals surface area (Å²) in [7, 11) is -3.69. The van der Waals surface area contributed by atoms with Crippen LogP contribution in [0.1, 0.15) is 44.4 Å². The molecule has 0 amide bonds. The first kappa shape index (κ1) is 16.5. The van der Waals surface area contributed by atoms with E-state index >= 15 is 0 Å². The Morgan fingerprint density at radius 3 is 2.52 bits per heavy atom. The maximum absolute atomic E-state index is 12.5. The van der Waals surface area contributed by atoms with Crippen LogP contribution in [-0.2, 0) is 26.0 Å². The minimum absolute atomic E-state index is 0.251. The summed E-state index contributed by atoms with van der Waals surface area (Å²) >= 11 is 1.24. The van der Waals surface area contributed by atoms with Gasteiger partial charge in [0.25, 0.3) is 10.0 Å². The molecule has 1 fully saturated rings. The summed E-state index contributed by atoms with van der Waals surface area (Å²) in [6.07, 6.45) is 3.44. The fourth-order valence-corrected chi connectivity index (χ4v) is 5.31. The predicted molar refractivity (Wildman–Crippen MR) is 81.9 cm³/mol. The fraction of sp³-hybridized carbons (Fsp3) is 0.643. The number of hydrogen-bond acceptors (Lipinski definition) is 5. The summed E-state index contributed by atoms with van der Waals surface area (Å²) in [6.45, 7) is 3.95. The lowest BCUT2D eigenvalue weighted by molar-refractivity contribution is -0.150. The lowest BCUT2D eigenvalue weighted by atomic mass is 10.00. The van der Waals surface area contributed by atoms with Gasteiger partial charge in [0.05, 0.1) is 6.61 Å². The van der Waals surface area contributed by atoms with E-state index in [9.17, 15) is 13.2 Å². The molecule has 0 bridgehead atoms. The maximum atomic E-state index is 12.5. The molecule has 0 saturated heterocycles. The molecule has 1 aromatic rings. The van der Waals surface area contributed by atoms with Crippen LogP contribution >= 0.6 is 11.3 Å². The van der Waals surface area contributed by atoms with Crippen LogP contribution in [0, 0.1) is 0 Å². The first-order valence-corrected chi connectivity index (χ1v) is 9.53. The largest absolute Gasteiger partial charge is 0.465 e. The highest BCUT2D eigenvalue weighted by molar-refractivity contribution is 7.91. The van der Waals surface area contributed by atoms with Gasteiger partial charge in [0.1, 0.15) is 9.75 Å². The Bertz CT molecular complexity index is 600. The molecular formula is C14H21NO4S2. The molecule has 1 aliphatic rings. The standard InChI is InChI=1S/C14H21NO4S2/c1-3-11-7-8-12(20-11)21(17,18)15-14(9-5-6-10-14)13(16)19-4-2/h7-8,15H,3-6,9-10H2,1-2H3. The minimum Gasteiger partial charge on any atom is -0.465 e. The van der Waals surface area contributed by atoms with Gasteiger partial charge in [-0.1, -0.05) is 19.8 Å². The van der Waals surface area contributed by atoms with Crippen molar-refractivity contribution in [1.82, 2.24) is 4.72 Å². The number of carbonyl (C=O) groups excluding carboxylic acids is 1. The molecule has 2 rings (SSSR count). The van der Waals surface area contributed by atoms with E-state index in [2.05, 4.69) is 4.72 Å². The van der Waals surface area contributed by atoms with Gasteiger partial charge in [0, 0.05) is 4.88 Å². The van der Waals surface area contributed by atoms with Gasteiger partial charge in [-0.25, -0.2) is 8.42 Å². The van der Waals surface area contributed by atoms with E-state index in [1.54, 1.807) is 13.0 Å². The number of carbonyl (C=O) groups is 1. The normalized spacial score (nSPS) is 17.8. The number of aryl methyl sites for hydroxylation is 1. The van der Waals surface area contributed by atoms with Crippen LogP contribution in [0.3, 0.4) is 0 Å². The molecule has 21 heavy (non-hydrogen) atoms. The van der Waals surface area contributed by atoms with E-state index in [-0.39, 0.29) is 10.8 Å². The average molecular weight is 331 g/mol. The van der Waals surface area contributed by atoms with Gasteiger partial charge in [0.15, 0.2) is 0 Å². The number of hydrogen-bond donors (Lipinski definition) is 1. The zero-order chi connectivity index (χ0) is 15.5. The van der Waals surface area contributed by atoms with Crippen LogP contribution in [-0.4, -0.2) is 26.5 Å². The van der Waals surface area contributed by atoms with Gasteiger partial charge in [0.2, 0.25) is 0 Å². The second-order valence-electron chi connectivity index (χ2n) is 5.19. The Kier molecular flexibility index (Phi) is 5.06. The van der Waals surface area contributed by atoms with E-state index in [0.717, 1.165) is 24.1 Å². The second kappa shape index (κ2) is 6.46. The van der Waals surface area contributed by atoms with E-state index in [4.69, 9.17) is 4.74 Å². The number of esters is 1. The molecule has 0 spiro atoms. The van der Waals surface area contributed by atoms with E-state index < -0.39 is 21.5 Å². The lowest BCUT2D eigenvalue weighted by Gasteiger charge is -2.27. The first-order valence-electron chi connectivity index (χ1n) is 7.23. The van der Waals surface area contributed by atoms with Crippen LogP contribution in [0.2, 0.25) is 0 Å². The quantitative estimate of drug-likeness (QED) is 0.813. The number of thiophene rings is 1. The summed E-state index contributed by atoms with van der Waals surface area (Å²) in [4.78, 5) is 13.2. The Morgan fingerprint density at radius 1 is 1.33 bits per heavy atom. The summed E-state index contributed by atoms with van der Waals surface area (Å²) in [5.41, 5.74) is -1.09. The van der Waals surface area contributed by atoms with Gasteiger partial charge in [-0.3, -0.25) is 4.79 Å². The molecule has 0 aliphatic heterocycles. The Balaban J connectivity index is 2.25. The first-order chi connectivity index (χ1) is 9.93. The van der Waals surface area contributed by atoms with E-state index in [1.165, 1.54) is 11.3 Å². The predicted octanol–water partition coefficient (Wildman–Crippen LogP) is 2.46. The SMILES string of the molecule is CCOC(=O)C1(NS(=O)(=O)c2ccc(CC)s2)CCCC1. The van der Waals surface area contributed by atoms with Crippen LogP contribution in [0.25, 0.3) is 0 Å². The smallest absolute Gasteiger partial charge is 0.327 e. The van der Waals surface area contributed by atoms with Crippen molar-refractivity contribution in [2.75, 3.05) is 6.61 Å². The van der Waals surface area contributed by atoms with Crippen molar-refractivity contribution < 1.29 is 17.9 Å². The van der Waals surface area contributed by atoms with Crippen molar-refractivity contribution in [1.29, 1.82) is 0 Å². The molecule has 1 aromatic heterocycles. The Morgan fingerprint density at radius 2 is 2.00 bits per heavy atom. The molecule has 1 heterocycles. The van der Waals surface area contributed by atoms with Crippen LogP contribution in [0.5, 0.6) is 0 Å². The van der Waals surface area contributed by atoms with Crippen molar-refractivity contribution in [3.8, 4) is 0 Å². The molecular weight excluding hydrogens is 310 g/mol. The van der Waals surface area contributed by atoms with Crippen LogP contribution < -0.4 is 4.72 Å². The summed E-state index contributed by atoms with van der Waals surface area (Å²) in [5, 5.41) is 0. The van der Waals surface area contributed by atoms with Crippen molar-refractivity contribution in [3.63, 3.8) is 0 Å². The third kappa shape index (κ3) is 3.46. The maximum Gasteiger partial charge on any atom is 0.327 e. The lowest BCUT2D eigenvalue weighted by Crippen LogP contribution is -2.53. The fourth-order valence-electron chi connectivity index (χ4n) is 2.60. The molecule has 7 heteroatoms. The zero-order valence-corrected chi connectivity index (χ0v) is 14.0. The Labute approximate surface area is 129 Å². The van der Waals surface area contributed by atoms with Crippen molar-refractivity contribution in [2.45, 2.75) is 55.7 Å². The van der Waals surface area contributed by atoms with Crippen molar-refractivity contribution >= 4 is 27.3 Å². The van der Waals surface area contributed by atoms with Crippen LogP contribution in [0.15, 0.2) is 16.3 Å². The topological polar surface area (TPSA) is 72.5 Å². The second-order valence-corrected chi connectivity index (χ2v) is 8.27. The number of rotatable bonds is 6. The third-order valence-corrected chi connectivity index (χ3v) is 6.96. The summed E-state index contributed by atoms with van der Waals surface area (Å²) in [6, 6.07) is 3.41. The highest BCUT2D eigenvalue weighted by atomic mass is 32.2. The van der Waals surface area contributed by atoms with E-state index in [0.29, 0.717) is 12.8 Å². The van der Waals surface area contributed by atoms with Gasteiger partial charge < -0.3 is 4.74 Å². The molecule has 1 N–H and O–H groups in total. The molecule has 1 saturated carbocycles. The van der Waals surface area contributed by atoms with Gasteiger partial charge in [-0.15, -0.1) is 11.3 Å². The van der Waals surface area contributed by atoms with E-state index in [1.807, 2.05) is 13.0 Å². The number of nitrogens with one attached hydrogen (secondary N) is 1.